The molecule has 0 aromatic carbocycles. The van der Waals surface area contributed by atoms with E-state index < -0.39 is 0 Å². The van der Waals surface area contributed by atoms with Crippen LogP contribution in [0.25, 0.3) is 0 Å². The van der Waals surface area contributed by atoms with Crippen LogP contribution >= 0.6 is 0 Å². The molecule has 0 atom stereocenters. The van der Waals surface area contributed by atoms with Gasteiger partial charge < -0.3 is 10.1 Å². The van der Waals surface area contributed by atoms with Gasteiger partial charge in [-0.15, -0.1) is 0 Å². The number of carbonyl (C=O) groups excluding carboxylic acids is 2. The minimum absolute atomic E-state index is 0. The fraction of sp³-hybridized carbons (Fsp3) is 0.800. The van der Waals surface area contributed by atoms with Gasteiger partial charge in [0.15, 0.2) is 0 Å². The van der Waals surface area contributed by atoms with Crippen molar-refractivity contribution >= 4 is 11.9 Å². The van der Waals surface area contributed by atoms with E-state index in [-0.39, 0.29) is 19.9 Å². The highest BCUT2D eigenvalue weighted by Crippen LogP contribution is 1.73. The maximum Gasteiger partial charge on any atom is 0.302 e. The first-order valence-corrected chi connectivity index (χ1v) is 5.00. The Kier molecular flexibility index (Phi) is 23.8. The summed E-state index contributed by atoms with van der Waals surface area (Å²) in [5.41, 5.74) is 0. The lowest BCUT2D eigenvalue weighted by Crippen LogP contribution is -2.24. The number of amides is 1. The monoisotopic (exact) mass is 207 g/mol. The lowest BCUT2D eigenvalue weighted by Gasteiger charge is -2.00. The van der Waals surface area contributed by atoms with Crippen molar-refractivity contribution in [2.45, 2.75) is 41.5 Å². The predicted molar refractivity (Wildman–Crippen MR) is 60.1 cm³/mol. The molecule has 1 N–H and O–H groups in total. The number of rotatable bonds is 3. The fourth-order valence-corrected chi connectivity index (χ4v) is 0.422. The standard InChI is InChI=1S/C6H11NO3.2C2H6.H2/c1-5(8)7-3-4-10-6(2)9;2*1-2;/h3-4H2,1-2H3,(H,7,8);2*1-2H3;1H. The van der Waals surface area contributed by atoms with Crippen molar-refractivity contribution in [3.8, 4) is 0 Å². The van der Waals surface area contributed by atoms with Gasteiger partial charge in [0, 0.05) is 15.3 Å². The summed E-state index contributed by atoms with van der Waals surface area (Å²) in [7, 11) is 0. The van der Waals surface area contributed by atoms with Crippen LogP contribution in [0.4, 0.5) is 0 Å². The summed E-state index contributed by atoms with van der Waals surface area (Å²) in [6.45, 7) is 11.4. The van der Waals surface area contributed by atoms with Crippen LogP contribution in [0.15, 0.2) is 0 Å². The first-order valence-electron chi connectivity index (χ1n) is 5.00. The largest absolute Gasteiger partial charge is 0.464 e. The first kappa shape index (κ1) is 18.7. The van der Waals surface area contributed by atoms with Crippen molar-refractivity contribution in [3.63, 3.8) is 0 Å². The van der Waals surface area contributed by atoms with Crippen molar-refractivity contribution in [2.75, 3.05) is 13.2 Å². The minimum Gasteiger partial charge on any atom is -0.464 e. The van der Waals surface area contributed by atoms with Gasteiger partial charge in [0.1, 0.15) is 6.61 Å². The molecule has 4 nitrogen and oxygen atoms in total. The Morgan fingerprint density at radius 1 is 1.14 bits per heavy atom. The summed E-state index contributed by atoms with van der Waals surface area (Å²) in [6.07, 6.45) is 0. The predicted octanol–water partition coefficient (Wildman–Crippen LogP) is 1.98. The molecule has 0 aliphatic rings. The molecular formula is C10H25NO3. The van der Waals surface area contributed by atoms with E-state index in [4.69, 9.17) is 0 Å². The lowest BCUT2D eigenvalue weighted by molar-refractivity contribution is -0.141. The Balaban J connectivity index is -0.000000107. The lowest BCUT2D eigenvalue weighted by atomic mass is 10.6. The molecule has 1 amide bonds. The van der Waals surface area contributed by atoms with Crippen LogP contribution in [0.2, 0.25) is 0 Å². The van der Waals surface area contributed by atoms with Crippen LogP contribution in [0.5, 0.6) is 0 Å². The summed E-state index contributed by atoms with van der Waals surface area (Å²) >= 11 is 0. The Labute approximate surface area is 88.5 Å². The highest BCUT2D eigenvalue weighted by Gasteiger charge is 1.92. The first-order chi connectivity index (χ1) is 6.63. The molecule has 0 spiro atoms. The molecule has 0 aliphatic heterocycles. The number of hydrogen-bond acceptors (Lipinski definition) is 3. The molecule has 88 valence electrons. The van der Waals surface area contributed by atoms with Gasteiger partial charge in [-0.05, 0) is 0 Å². The summed E-state index contributed by atoms with van der Waals surface area (Å²) in [5, 5.41) is 2.48. The number of nitrogens with one attached hydrogen (secondary N) is 1. The van der Waals surface area contributed by atoms with E-state index in [1.807, 2.05) is 27.7 Å². The van der Waals surface area contributed by atoms with E-state index in [9.17, 15) is 9.59 Å². The summed E-state index contributed by atoms with van der Waals surface area (Å²) < 4.78 is 4.54. The molecular weight excluding hydrogens is 182 g/mol. The van der Waals surface area contributed by atoms with E-state index in [0.717, 1.165) is 0 Å². The molecule has 0 aromatic heterocycles. The van der Waals surface area contributed by atoms with Crippen LogP contribution in [-0.4, -0.2) is 25.0 Å². The van der Waals surface area contributed by atoms with Gasteiger partial charge in [0.2, 0.25) is 5.91 Å². The van der Waals surface area contributed by atoms with Crippen LogP contribution in [0.3, 0.4) is 0 Å². The molecule has 0 fully saturated rings. The molecule has 0 aliphatic carbocycles. The van der Waals surface area contributed by atoms with Crippen molar-refractivity contribution in [1.29, 1.82) is 0 Å². The normalized spacial score (nSPS) is 7.00. The van der Waals surface area contributed by atoms with Crippen LogP contribution < -0.4 is 5.32 Å². The van der Waals surface area contributed by atoms with Crippen LogP contribution in [-0.2, 0) is 14.3 Å². The molecule has 4 heteroatoms. The second-order valence-electron chi connectivity index (χ2n) is 1.82. The average molecular weight is 207 g/mol. The van der Waals surface area contributed by atoms with Gasteiger partial charge in [0.05, 0.1) is 6.54 Å². The van der Waals surface area contributed by atoms with Crippen molar-refractivity contribution in [3.05, 3.63) is 0 Å². The van der Waals surface area contributed by atoms with Gasteiger partial charge in [-0.2, -0.15) is 0 Å². The van der Waals surface area contributed by atoms with Gasteiger partial charge in [-0.1, -0.05) is 27.7 Å². The maximum atomic E-state index is 10.2. The molecule has 14 heavy (non-hydrogen) atoms. The number of hydrogen-bond donors (Lipinski definition) is 1. The van der Waals surface area contributed by atoms with Gasteiger partial charge in [-0.3, -0.25) is 9.59 Å². The number of carbonyl (C=O) groups is 2. The molecule has 0 heterocycles. The Morgan fingerprint density at radius 3 is 1.86 bits per heavy atom. The van der Waals surface area contributed by atoms with Crippen molar-refractivity contribution < 1.29 is 15.8 Å². The molecule has 0 rings (SSSR count). The van der Waals surface area contributed by atoms with Gasteiger partial charge in [-0.25, -0.2) is 0 Å². The van der Waals surface area contributed by atoms with Gasteiger partial charge >= 0.3 is 5.97 Å². The molecule has 0 radical (unpaired) electrons. The molecule has 0 saturated heterocycles. The third-order valence-corrected chi connectivity index (χ3v) is 0.781. The van der Waals surface area contributed by atoms with E-state index in [1.54, 1.807) is 0 Å². The zero-order valence-corrected chi connectivity index (χ0v) is 10.1. The quantitative estimate of drug-likeness (QED) is 0.568. The summed E-state index contributed by atoms with van der Waals surface area (Å²) in [4.78, 5) is 20.4. The highest BCUT2D eigenvalue weighted by atomic mass is 16.5. The number of esters is 1. The smallest absolute Gasteiger partial charge is 0.302 e. The third kappa shape index (κ3) is 30.6. The maximum absolute atomic E-state index is 10.2. The third-order valence-electron chi connectivity index (χ3n) is 0.781. The topological polar surface area (TPSA) is 55.4 Å². The molecule has 0 unspecified atom stereocenters. The Morgan fingerprint density at radius 2 is 1.57 bits per heavy atom. The van der Waals surface area contributed by atoms with Crippen LogP contribution in [0, 0.1) is 0 Å². The SMILES string of the molecule is CC.CC.CC(=O)NCCOC(C)=O.[HH]. The molecule has 0 bridgehead atoms. The second-order valence-corrected chi connectivity index (χ2v) is 1.82. The van der Waals surface area contributed by atoms with Gasteiger partial charge in [0.25, 0.3) is 0 Å². The second kappa shape index (κ2) is 17.9. The molecule has 0 aromatic rings. The van der Waals surface area contributed by atoms with Crippen molar-refractivity contribution in [1.82, 2.24) is 5.32 Å². The zero-order valence-electron chi connectivity index (χ0n) is 10.1. The Hall–Kier alpha value is -1.06. The highest BCUT2D eigenvalue weighted by molar-refractivity contribution is 5.72. The summed E-state index contributed by atoms with van der Waals surface area (Å²) in [5.74, 6) is -0.447. The van der Waals surface area contributed by atoms with E-state index in [2.05, 4.69) is 10.1 Å². The molecule has 0 saturated carbocycles. The van der Waals surface area contributed by atoms with E-state index in [0.29, 0.717) is 6.54 Å². The van der Waals surface area contributed by atoms with Crippen molar-refractivity contribution in [2.24, 2.45) is 0 Å². The minimum atomic E-state index is -0.328. The fourth-order valence-electron chi connectivity index (χ4n) is 0.422. The van der Waals surface area contributed by atoms with E-state index >= 15 is 0 Å². The average Bonchev–Trinajstić information content (AvgIpc) is 2.18. The zero-order chi connectivity index (χ0) is 12.0. The van der Waals surface area contributed by atoms with E-state index in [1.165, 1.54) is 13.8 Å². The van der Waals surface area contributed by atoms with Crippen LogP contribution in [0.1, 0.15) is 43.0 Å². The number of ether oxygens (including phenoxy) is 1. The Bertz CT molecular complexity index is 125. The summed E-state index contributed by atoms with van der Waals surface area (Å²) in [6, 6.07) is 0.